The van der Waals surface area contributed by atoms with Gasteiger partial charge >= 0.3 is 5.97 Å². The van der Waals surface area contributed by atoms with E-state index in [-0.39, 0.29) is 41.8 Å². The molecule has 1 spiro atoms. The van der Waals surface area contributed by atoms with Gasteiger partial charge in [0.15, 0.2) is 0 Å². The van der Waals surface area contributed by atoms with Gasteiger partial charge in [-0.05, 0) is 31.9 Å². The lowest BCUT2D eigenvalue weighted by Gasteiger charge is -2.37. The molecule has 5 rings (SSSR count). The summed E-state index contributed by atoms with van der Waals surface area (Å²) >= 11 is 5.25. The maximum Gasteiger partial charge on any atom is 0.310 e. The topological polar surface area (TPSA) is 127 Å². The molecule has 3 saturated heterocycles. The number of thioether (sulfide) groups is 1. The zero-order chi connectivity index (χ0) is 24.9. The molecule has 3 unspecified atom stereocenters. The average Bonchev–Trinajstić information content (AvgIpc) is 3.56. The highest BCUT2D eigenvalue weighted by Gasteiger charge is 2.76. The Bertz CT molecular complexity index is 1160. The van der Waals surface area contributed by atoms with Crippen molar-refractivity contribution in [3.8, 4) is 0 Å². The van der Waals surface area contributed by atoms with Gasteiger partial charge in [0.1, 0.15) is 18.2 Å². The standard InChI is InChI=1S/C23H28BrN5O5S/c1-3-12(10-30)29-19(20(31)25-11-28-15-8-6-5-7-14(15)26-27-28)23-9-13(24)18(35-23)16(17(23)21(29)32)22(33)34-4-2/h5-8,12-13,16-19,30H,3-4,9-11H2,1-2H3,(H,25,31)/t12-,13?,16+,17-,18+,19?,23?/m0/s1. The first-order valence-electron chi connectivity index (χ1n) is 11.8. The van der Waals surface area contributed by atoms with Crippen molar-refractivity contribution in [2.75, 3.05) is 13.2 Å². The van der Waals surface area contributed by atoms with Gasteiger partial charge in [-0.3, -0.25) is 14.4 Å². The zero-order valence-corrected chi connectivity index (χ0v) is 21.9. The molecule has 0 aliphatic carbocycles. The van der Waals surface area contributed by atoms with E-state index in [0.29, 0.717) is 18.4 Å². The van der Waals surface area contributed by atoms with Crippen LogP contribution in [0.3, 0.4) is 0 Å². The van der Waals surface area contributed by atoms with Crippen molar-refractivity contribution >= 4 is 56.5 Å². The van der Waals surface area contributed by atoms with E-state index in [4.69, 9.17) is 4.74 Å². The SMILES string of the molecule is CCOC(=O)[C@H]1[C@@H]2SC3(CC2Br)C(C(=O)NCn2nnc4ccccc42)N([C@@H](CC)CO)C(=O)[C@H]13. The molecule has 3 fully saturated rings. The molecule has 35 heavy (non-hydrogen) atoms. The molecule has 7 atom stereocenters. The van der Waals surface area contributed by atoms with Gasteiger partial charge in [-0.2, -0.15) is 0 Å². The van der Waals surface area contributed by atoms with Crippen molar-refractivity contribution in [2.24, 2.45) is 11.8 Å². The Morgan fingerprint density at radius 3 is 2.86 bits per heavy atom. The van der Waals surface area contributed by atoms with Gasteiger partial charge in [0.25, 0.3) is 0 Å². The number of esters is 1. The van der Waals surface area contributed by atoms with Gasteiger partial charge in [-0.1, -0.05) is 40.2 Å². The Balaban J connectivity index is 1.49. The minimum Gasteiger partial charge on any atom is -0.466 e. The second-order valence-electron chi connectivity index (χ2n) is 9.18. The summed E-state index contributed by atoms with van der Waals surface area (Å²) in [5, 5.41) is 21.1. The number of para-hydroxylation sites is 1. The van der Waals surface area contributed by atoms with Crippen LogP contribution in [0.4, 0.5) is 0 Å². The van der Waals surface area contributed by atoms with E-state index in [1.807, 2.05) is 31.2 Å². The summed E-state index contributed by atoms with van der Waals surface area (Å²) < 4.78 is 6.16. The minimum absolute atomic E-state index is 0.0327. The molecule has 3 aliphatic heterocycles. The molecule has 12 heteroatoms. The molecular weight excluding hydrogens is 538 g/mol. The van der Waals surface area contributed by atoms with Crippen LogP contribution in [-0.2, 0) is 25.8 Å². The third kappa shape index (κ3) is 3.67. The summed E-state index contributed by atoms with van der Waals surface area (Å²) in [6, 6.07) is 6.09. The van der Waals surface area contributed by atoms with Gasteiger partial charge in [0.05, 0.1) is 41.4 Å². The van der Waals surface area contributed by atoms with Gasteiger partial charge < -0.3 is 20.1 Å². The number of fused-ring (bicyclic) bond motifs is 2. The van der Waals surface area contributed by atoms with Crippen LogP contribution < -0.4 is 5.32 Å². The van der Waals surface area contributed by atoms with Gasteiger partial charge in [0, 0.05) is 10.1 Å². The van der Waals surface area contributed by atoms with Gasteiger partial charge in [-0.15, -0.1) is 16.9 Å². The second-order valence-corrected chi connectivity index (χ2v) is 11.9. The quantitative estimate of drug-likeness (QED) is 0.362. The van der Waals surface area contributed by atoms with Gasteiger partial charge in [0.2, 0.25) is 11.8 Å². The number of aromatic nitrogens is 3. The van der Waals surface area contributed by atoms with E-state index in [1.54, 1.807) is 23.4 Å². The van der Waals surface area contributed by atoms with Gasteiger partial charge in [-0.25, -0.2) is 4.68 Å². The maximum absolute atomic E-state index is 13.9. The normalized spacial score (nSPS) is 32.2. The molecule has 1 aromatic heterocycles. The third-order valence-electron chi connectivity index (χ3n) is 7.43. The minimum atomic E-state index is -0.832. The van der Waals surface area contributed by atoms with Crippen molar-refractivity contribution in [2.45, 2.75) is 60.3 Å². The zero-order valence-electron chi connectivity index (χ0n) is 19.5. The Morgan fingerprint density at radius 1 is 1.37 bits per heavy atom. The van der Waals surface area contributed by atoms with Crippen molar-refractivity contribution in [1.29, 1.82) is 0 Å². The molecule has 4 heterocycles. The highest BCUT2D eigenvalue weighted by Crippen LogP contribution is 2.68. The largest absolute Gasteiger partial charge is 0.466 e. The van der Waals surface area contributed by atoms with Crippen LogP contribution in [0.2, 0.25) is 0 Å². The number of nitrogens with one attached hydrogen (secondary N) is 1. The molecule has 2 bridgehead atoms. The Hall–Kier alpha value is -2.18. The van der Waals surface area contributed by atoms with Crippen LogP contribution in [0.1, 0.15) is 26.7 Å². The summed E-state index contributed by atoms with van der Waals surface area (Å²) in [5.74, 6) is -2.30. The lowest BCUT2D eigenvalue weighted by molar-refractivity contribution is -0.154. The van der Waals surface area contributed by atoms with E-state index in [2.05, 4.69) is 31.6 Å². The van der Waals surface area contributed by atoms with E-state index in [1.165, 1.54) is 4.90 Å². The molecule has 10 nitrogen and oxygen atoms in total. The number of amides is 2. The highest BCUT2D eigenvalue weighted by atomic mass is 79.9. The summed E-state index contributed by atoms with van der Waals surface area (Å²) in [5.41, 5.74) is 1.50. The van der Waals surface area contributed by atoms with E-state index >= 15 is 0 Å². The summed E-state index contributed by atoms with van der Waals surface area (Å²) in [6.45, 7) is 3.66. The third-order valence-corrected chi connectivity index (χ3v) is 10.7. The molecule has 2 aromatic rings. The lowest BCUT2D eigenvalue weighted by atomic mass is 9.71. The van der Waals surface area contributed by atoms with Crippen LogP contribution >= 0.6 is 27.7 Å². The second kappa shape index (κ2) is 9.36. The number of benzene rings is 1. The predicted molar refractivity (Wildman–Crippen MR) is 133 cm³/mol. The Kier molecular flexibility index (Phi) is 6.56. The van der Waals surface area contributed by atoms with Crippen molar-refractivity contribution in [3.05, 3.63) is 24.3 Å². The number of carbonyl (C=O) groups is 3. The first-order valence-corrected chi connectivity index (χ1v) is 13.6. The number of hydrogen-bond donors (Lipinski definition) is 2. The van der Waals surface area contributed by atoms with Crippen LogP contribution in [0, 0.1) is 11.8 Å². The number of halogens is 1. The first kappa shape index (κ1) is 24.5. The summed E-state index contributed by atoms with van der Waals surface area (Å²) in [6.07, 6.45) is 1.05. The number of aliphatic hydroxyl groups excluding tert-OH is 1. The summed E-state index contributed by atoms with van der Waals surface area (Å²) in [4.78, 5) is 42.1. The molecule has 1 aromatic carbocycles. The number of likely N-dealkylation sites (tertiary alicyclic amines) is 1. The number of rotatable bonds is 8. The number of ether oxygens (including phenoxy) is 1. The van der Waals surface area contributed by atoms with Crippen molar-refractivity contribution in [1.82, 2.24) is 25.2 Å². The Morgan fingerprint density at radius 2 is 2.14 bits per heavy atom. The monoisotopic (exact) mass is 565 g/mol. The van der Waals surface area contributed by atoms with Crippen molar-refractivity contribution in [3.63, 3.8) is 0 Å². The van der Waals surface area contributed by atoms with E-state index < -0.39 is 34.6 Å². The number of nitrogens with zero attached hydrogens (tertiary/aromatic N) is 4. The summed E-state index contributed by atoms with van der Waals surface area (Å²) in [7, 11) is 0. The highest BCUT2D eigenvalue weighted by molar-refractivity contribution is 9.09. The molecule has 188 valence electrons. The van der Waals surface area contributed by atoms with Crippen LogP contribution in [0.5, 0.6) is 0 Å². The van der Waals surface area contributed by atoms with E-state index in [9.17, 15) is 19.5 Å². The number of hydrogen-bond acceptors (Lipinski definition) is 8. The molecule has 2 amide bonds. The number of aliphatic hydroxyl groups is 1. The first-order chi connectivity index (χ1) is 16.9. The number of alkyl halides is 1. The van der Waals surface area contributed by atoms with Crippen LogP contribution in [-0.4, -0.2) is 82.9 Å². The number of carbonyl (C=O) groups excluding carboxylic acids is 3. The van der Waals surface area contributed by atoms with E-state index in [0.717, 1.165) is 5.52 Å². The lowest BCUT2D eigenvalue weighted by Crippen LogP contribution is -2.57. The van der Waals surface area contributed by atoms with Crippen molar-refractivity contribution < 1.29 is 24.2 Å². The fourth-order valence-electron chi connectivity index (χ4n) is 5.97. The maximum atomic E-state index is 13.9. The Labute approximate surface area is 215 Å². The smallest absolute Gasteiger partial charge is 0.310 e. The van der Waals surface area contributed by atoms with Crippen LogP contribution in [0.25, 0.3) is 11.0 Å². The average molecular weight is 566 g/mol. The van der Waals surface area contributed by atoms with Crippen LogP contribution in [0.15, 0.2) is 24.3 Å². The fraction of sp³-hybridized carbons (Fsp3) is 0.609. The fourth-order valence-corrected chi connectivity index (χ4v) is 9.55. The molecule has 0 saturated carbocycles. The molecular formula is C23H28BrN5O5S. The molecule has 0 radical (unpaired) electrons. The molecule has 3 aliphatic rings. The molecule has 2 N–H and O–H groups in total. The predicted octanol–water partition coefficient (Wildman–Crippen LogP) is 1.30.